The molecule has 13 heteroatoms. The Labute approximate surface area is 296 Å². The van der Waals surface area contributed by atoms with Gasteiger partial charge in [0, 0.05) is 36.0 Å². The molecule has 8 N–H and O–H groups in total. The van der Waals surface area contributed by atoms with Crippen molar-refractivity contribution >= 4 is 11.8 Å². The Morgan fingerprint density at radius 3 is 2.61 bits per heavy atom. The lowest BCUT2D eigenvalue weighted by Crippen LogP contribution is -2.60. The number of carboxylic acids is 1. The fourth-order valence-corrected chi connectivity index (χ4v) is 8.18. The van der Waals surface area contributed by atoms with Crippen molar-refractivity contribution in [3.8, 4) is 28.7 Å². The summed E-state index contributed by atoms with van der Waals surface area (Å²) in [6.07, 6.45) is 7.18. The molecular weight excluding hydrogens is 658 g/mol. The lowest BCUT2D eigenvalue weighted by Gasteiger charge is -2.50. The van der Waals surface area contributed by atoms with Gasteiger partial charge < -0.3 is 55.5 Å². The molecule has 51 heavy (non-hydrogen) atoms. The molecule has 1 aliphatic carbocycles. The summed E-state index contributed by atoms with van der Waals surface area (Å²) in [5.41, 5.74) is 7.68. The van der Waals surface area contributed by atoms with Gasteiger partial charge in [-0.25, -0.2) is 4.98 Å². The summed E-state index contributed by atoms with van der Waals surface area (Å²) in [4.78, 5) is 16.9. The number of phenols is 2. The van der Waals surface area contributed by atoms with Crippen LogP contribution in [0.1, 0.15) is 67.7 Å². The zero-order valence-electron chi connectivity index (χ0n) is 28.8. The van der Waals surface area contributed by atoms with Crippen LogP contribution in [0.4, 0.5) is 5.82 Å². The molecule has 3 aliphatic rings. The lowest BCUT2D eigenvalue weighted by molar-refractivity contribution is -0.146. The summed E-state index contributed by atoms with van der Waals surface area (Å²) in [5, 5.41) is 55.2. The zero-order chi connectivity index (χ0) is 36.3. The Bertz CT molecular complexity index is 1740. The predicted octanol–water partition coefficient (Wildman–Crippen LogP) is 4.19. The summed E-state index contributed by atoms with van der Waals surface area (Å²) in [5.74, 6) is -1.37. The number of hydrogen-bond donors (Lipinski definition) is 7. The van der Waals surface area contributed by atoms with Gasteiger partial charge in [-0.1, -0.05) is 18.2 Å². The average Bonchev–Trinajstić information content (AvgIpc) is 3.49. The SMILES string of the molecule is COc1cc([C@@H]2C[C@@H](O)C[C@H](CCc3ccc(O)c(OCO)c3)O2)cc(OC[C@H]2N[C@H](C)CC[C@]23[C@@H](C(=O)O)C=C[C@@H]3c2ccnc(N)c2)c1O. The van der Waals surface area contributed by atoms with Gasteiger partial charge in [0.25, 0.3) is 0 Å². The van der Waals surface area contributed by atoms with Gasteiger partial charge in [-0.15, -0.1) is 0 Å². The van der Waals surface area contributed by atoms with Crippen molar-refractivity contribution in [3.05, 3.63) is 77.5 Å². The molecule has 2 fully saturated rings. The third-order valence-electron chi connectivity index (χ3n) is 10.7. The number of nitrogens with zero attached hydrogens (tertiary/aromatic N) is 1. The van der Waals surface area contributed by atoms with E-state index in [0.717, 1.165) is 17.5 Å². The molecule has 0 amide bonds. The van der Waals surface area contributed by atoms with E-state index in [9.17, 15) is 25.2 Å². The first-order valence-electron chi connectivity index (χ1n) is 17.3. The van der Waals surface area contributed by atoms with Crippen molar-refractivity contribution in [3.63, 3.8) is 0 Å². The molecule has 0 bridgehead atoms. The molecule has 6 rings (SSSR count). The van der Waals surface area contributed by atoms with E-state index >= 15 is 0 Å². The Morgan fingerprint density at radius 2 is 1.86 bits per heavy atom. The third-order valence-corrected chi connectivity index (χ3v) is 10.7. The molecule has 2 aliphatic heterocycles. The van der Waals surface area contributed by atoms with E-state index < -0.39 is 42.3 Å². The largest absolute Gasteiger partial charge is 0.504 e. The van der Waals surface area contributed by atoms with Crippen molar-refractivity contribution < 1.29 is 49.3 Å². The van der Waals surface area contributed by atoms with Crippen LogP contribution in [0.25, 0.3) is 0 Å². The number of nitrogen functional groups attached to an aromatic ring is 1. The highest BCUT2D eigenvalue weighted by Gasteiger charge is 2.57. The molecule has 274 valence electrons. The van der Waals surface area contributed by atoms with Crippen molar-refractivity contribution in [1.82, 2.24) is 10.3 Å². The summed E-state index contributed by atoms with van der Waals surface area (Å²) < 4.78 is 23.5. The van der Waals surface area contributed by atoms with Crippen molar-refractivity contribution in [2.45, 2.75) is 81.8 Å². The number of aromatic nitrogens is 1. The standard InChI is InChI=1S/C38H47N3O10/c1-21-9-11-38(27(6-7-28(38)37(46)47)23-10-12-40-35(39)16-23)34(41-21)19-49-33-15-24(14-32(48-2)36(33)45)30-18-25(43)17-26(51-30)5-3-22-4-8-29(44)31(13-22)50-20-42/h4,6-8,10,12-16,21,25-28,30,34,41-45H,3,5,9,11,17-20H2,1-2H3,(H2,39,40)(H,46,47)/t21-,25+,26+,27-,28-,30+,34-,38+/m1/s1. The topological polar surface area (TPSA) is 206 Å². The number of aliphatic hydroxyl groups excluding tert-OH is 2. The Balaban J connectivity index is 1.23. The van der Waals surface area contributed by atoms with Crippen LogP contribution in [-0.2, 0) is 16.0 Å². The number of anilines is 1. The monoisotopic (exact) mass is 705 g/mol. The van der Waals surface area contributed by atoms with E-state index in [-0.39, 0.29) is 53.4 Å². The van der Waals surface area contributed by atoms with Gasteiger partial charge in [0.1, 0.15) is 12.4 Å². The van der Waals surface area contributed by atoms with Gasteiger partial charge in [0.05, 0.1) is 31.3 Å². The smallest absolute Gasteiger partial charge is 0.311 e. The first-order chi connectivity index (χ1) is 24.5. The van der Waals surface area contributed by atoms with Crippen LogP contribution < -0.4 is 25.3 Å². The van der Waals surface area contributed by atoms with Crippen LogP contribution in [0.3, 0.4) is 0 Å². The number of hydrogen-bond acceptors (Lipinski definition) is 12. The number of piperidine rings is 1. The summed E-state index contributed by atoms with van der Waals surface area (Å²) in [7, 11) is 1.44. The molecule has 3 heterocycles. The molecule has 1 aromatic heterocycles. The number of nitrogens with one attached hydrogen (secondary N) is 1. The number of ether oxygens (including phenoxy) is 4. The van der Waals surface area contributed by atoms with Gasteiger partial charge in [-0.3, -0.25) is 4.79 Å². The number of phenolic OH excluding ortho intramolecular Hbond substituents is 2. The van der Waals surface area contributed by atoms with Crippen LogP contribution in [0.5, 0.6) is 28.7 Å². The number of methoxy groups -OCH3 is 1. The molecular formula is C38H47N3O10. The second-order valence-corrected chi connectivity index (χ2v) is 13.8. The molecule has 1 spiro atoms. The van der Waals surface area contributed by atoms with E-state index in [1.807, 2.05) is 12.1 Å². The van der Waals surface area contributed by atoms with E-state index in [0.29, 0.717) is 43.5 Å². The van der Waals surface area contributed by atoms with Crippen molar-refractivity contribution in [1.29, 1.82) is 0 Å². The number of aryl methyl sites for hydroxylation is 1. The Kier molecular flexibility index (Phi) is 10.9. The minimum absolute atomic E-state index is 0.0540. The predicted molar refractivity (Wildman–Crippen MR) is 187 cm³/mol. The number of carbonyl (C=O) groups is 1. The number of pyridine rings is 1. The zero-order valence-corrected chi connectivity index (χ0v) is 28.8. The van der Waals surface area contributed by atoms with Gasteiger partial charge in [-0.05, 0) is 92.1 Å². The first kappa shape index (κ1) is 36.2. The maximum absolute atomic E-state index is 12.7. The van der Waals surface area contributed by atoms with E-state index in [1.54, 1.807) is 42.6 Å². The molecule has 2 aromatic carbocycles. The molecule has 13 nitrogen and oxygen atoms in total. The third kappa shape index (κ3) is 7.57. The maximum atomic E-state index is 12.7. The molecule has 8 atom stereocenters. The highest BCUT2D eigenvalue weighted by molar-refractivity contribution is 5.75. The van der Waals surface area contributed by atoms with E-state index in [2.05, 4.69) is 17.2 Å². The van der Waals surface area contributed by atoms with Crippen molar-refractivity contribution in [2.75, 3.05) is 26.2 Å². The Morgan fingerprint density at radius 1 is 1.06 bits per heavy atom. The van der Waals surface area contributed by atoms with Crippen molar-refractivity contribution in [2.24, 2.45) is 11.3 Å². The van der Waals surface area contributed by atoms with Crippen LogP contribution in [0.2, 0.25) is 0 Å². The average molecular weight is 706 g/mol. The minimum Gasteiger partial charge on any atom is -0.504 e. The number of aliphatic hydroxyl groups is 2. The fraction of sp³-hybridized carbons (Fsp3) is 0.474. The number of allylic oxidation sites excluding steroid dienone is 1. The summed E-state index contributed by atoms with van der Waals surface area (Å²) in [6, 6.07) is 11.6. The Hall–Kier alpha value is -4.56. The van der Waals surface area contributed by atoms with Crippen LogP contribution in [0, 0.1) is 11.3 Å². The van der Waals surface area contributed by atoms with Gasteiger partial charge in [0.2, 0.25) is 5.75 Å². The highest BCUT2D eigenvalue weighted by Crippen LogP contribution is 2.56. The minimum atomic E-state index is -0.921. The summed E-state index contributed by atoms with van der Waals surface area (Å²) in [6.45, 7) is 1.56. The number of nitrogens with two attached hydrogens (primary N) is 1. The van der Waals surface area contributed by atoms with Gasteiger partial charge in [-0.2, -0.15) is 0 Å². The molecule has 0 radical (unpaired) electrons. The molecule has 0 saturated carbocycles. The van der Waals surface area contributed by atoms with Crippen LogP contribution >= 0.6 is 0 Å². The van der Waals surface area contributed by atoms with Gasteiger partial charge >= 0.3 is 5.97 Å². The van der Waals surface area contributed by atoms with Crippen LogP contribution in [0.15, 0.2) is 60.8 Å². The van der Waals surface area contributed by atoms with Crippen LogP contribution in [-0.4, -0.2) is 81.3 Å². The number of rotatable bonds is 12. The van der Waals surface area contributed by atoms with E-state index in [1.165, 1.54) is 13.2 Å². The fourth-order valence-electron chi connectivity index (χ4n) is 8.18. The normalized spacial score (nSPS) is 28.8. The molecule has 2 saturated heterocycles. The maximum Gasteiger partial charge on any atom is 0.311 e. The van der Waals surface area contributed by atoms with E-state index in [4.69, 9.17) is 29.8 Å². The molecule has 3 aromatic rings. The highest BCUT2D eigenvalue weighted by atomic mass is 16.6. The molecule has 0 unspecified atom stereocenters. The van der Waals surface area contributed by atoms with Gasteiger partial charge in [0.15, 0.2) is 29.8 Å². The summed E-state index contributed by atoms with van der Waals surface area (Å²) >= 11 is 0. The second-order valence-electron chi connectivity index (χ2n) is 13.8. The number of benzene rings is 2. The number of carboxylic acid groups (broad SMARTS) is 1. The second kappa shape index (κ2) is 15.4. The number of aromatic hydroxyl groups is 2. The quantitative estimate of drug-likeness (QED) is 0.104. The number of aliphatic carboxylic acids is 1. The first-order valence-corrected chi connectivity index (χ1v) is 17.3. The lowest BCUT2D eigenvalue weighted by atomic mass is 9.59.